The lowest BCUT2D eigenvalue weighted by Gasteiger charge is -2.49. The maximum absolute atomic E-state index is 11.6. The van der Waals surface area contributed by atoms with Crippen LogP contribution in [0.15, 0.2) is 24.3 Å². The van der Waals surface area contributed by atoms with Crippen molar-refractivity contribution in [2.75, 3.05) is 0 Å². The van der Waals surface area contributed by atoms with Crippen LogP contribution in [0.1, 0.15) is 39.0 Å². The van der Waals surface area contributed by atoms with Gasteiger partial charge in [-0.2, -0.15) is 0 Å². The minimum Gasteiger partial charge on any atom is -0.458 e. The van der Waals surface area contributed by atoms with Crippen LogP contribution in [0.5, 0.6) is 0 Å². The van der Waals surface area contributed by atoms with Crippen molar-refractivity contribution >= 4 is 5.97 Å². The quantitative estimate of drug-likeness (QED) is 0.364. The zero-order valence-electron chi connectivity index (χ0n) is 10.5. The molecule has 0 aromatic rings. The summed E-state index contributed by atoms with van der Waals surface area (Å²) in [6.07, 6.45) is 5.72. The van der Waals surface area contributed by atoms with Gasteiger partial charge in [-0.05, 0) is 43.4 Å². The van der Waals surface area contributed by atoms with Gasteiger partial charge >= 0.3 is 5.97 Å². The fourth-order valence-corrected chi connectivity index (χ4v) is 4.12. The van der Waals surface area contributed by atoms with Gasteiger partial charge in [0.1, 0.15) is 6.10 Å². The van der Waals surface area contributed by atoms with Crippen LogP contribution < -0.4 is 0 Å². The van der Waals surface area contributed by atoms with Crippen LogP contribution >= 0.6 is 0 Å². The van der Waals surface area contributed by atoms with E-state index in [4.69, 9.17) is 4.74 Å². The molecule has 1 unspecified atom stereocenters. The first-order valence-corrected chi connectivity index (χ1v) is 6.59. The Balaban J connectivity index is 1.91. The van der Waals surface area contributed by atoms with Gasteiger partial charge in [0, 0.05) is 11.5 Å². The SMILES string of the molecule is C=C1CCC[C@]2(C)C[C@H]3OC(=O)C(=C)[C@H]3CC12. The number of carbonyl (C=O) groups excluding carboxylic acids is 1. The molecule has 4 atom stereocenters. The molecule has 0 N–H and O–H groups in total. The lowest BCUT2D eigenvalue weighted by Crippen LogP contribution is -2.43. The Bertz CT molecular complexity index is 409. The molecule has 2 saturated carbocycles. The molecule has 0 amide bonds. The summed E-state index contributed by atoms with van der Waals surface area (Å²) >= 11 is 0. The Hall–Kier alpha value is -1.05. The van der Waals surface area contributed by atoms with Gasteiger partial charge in [0.25, 0.3) is 0 Å². The highest BCUT2D eigenvalue weighted by Gasteiger charge is 2.52. The predicted octanol–water partition coefficient (Wildman–Crippen LogP) is 3.24. The lowest BCUT2D eigenvalue weighted by atomic mass is 9.56. The van der Waals surface area contributed by atoms with E-state index < -0.39 is 0 Å². The molecule has 3 fully saturated rings. The third-order valence-electron chi connectivity index (χ3n) is 5.15. The average Bonchev–Trinajstić information content (AvgIpc) is 2.52. The molecule has 1 saturated heterocycles. The highest BCUT2D eigenvalue weighted by molar-refractivity contribution is 5.90. The van der Waals surface area contributed by atoms with Crippen molar-refractivity contribution in [3.05, 3.63) is 24.3 Å². The summed E-state index contributed by atoms with van der Waals surface area (Å²) in [6, 6.07) is 0. The molecule has 2 nitrogen and oxygen atoms in total. The van der Waals surface area contributed by atoms with E-state index in [1.165, 1.54) is 18.4 Å². The number of allylic oxidation sites excluding steroid dienone is 1. The molecular formula is C15H20O2. The molecule has 0 spiro atoms. The number of ether oxygens (including phenoxy) is 1. The number of fused-ring (bicyclic) bond motifs is 2. The van der Waals surface area contributed by atoms with Crippen molar-refractivity contribution in [2.24, 2.45) is 17.3 Å². The van der Waals surface area contributed by atoms with Crippen LogP contribution in [-0.2, 0) is 9.53 Å². The van der Waals surface area contributed by atoms with E-state index in [0.717, 1.165) is 19.3 Å². The van der Waals surface area contributed by atoms with Crippen LogP contribution in [0.3, 0.4) is 0 Å². The van der Waals surface area contributed by atoms with Crippen LogP contribution in [0.25, 0.3) is 0 Å². The molecule has 0 bridgehead atoms. The van der Waals surface area contributed by atoms with Gasteiger partial charge in [-0.1, -0.05) is 25.7 Å². The van der Waals surface area contributed by atoms with Crippen molar-refractivity contribution in [2.45, 2.75) is 45.1 Å². The smallest absolute Gasteiger partial charge is 0.334 e. The fourth-order valence-electron chi connectivity index (χ4n) is 4.12. The first-order valence-electron chi connectivity index (χ1n) is 6.59. The second kappa shape index (κ2) is 3.47. The highest BCUT2D eigenvalue weighted by atomic mass is 16.6. The summed E-state index contributed by atoms with van der Waals surface area (Å²) in [4.78, 5) is 11.6. The van der Waals surface area contributed by atoms with Crippen molar-refractivity contribution in [3.63, 3.8) is 0 Å². The molecule has 1 aliphatic heterocycles. The zero-order valence-corrected chi connectivity index (χ0v) is 10.5. The molecule has 3 rings (SSSR count). The molecule has 2 heteroatoms. The molecule has 3 aliphatic rings. The Labute approximate surface area is 103 Å². The van der Waals surface area contributed by atoms with E-state index in [-0.39, 0.29) is 18.0 Å². The normalized spacial score (nSPS) is 45.2. The number of rotatable bonds is 0. The first kappa shape index (κ1) is 11.1. The fraction of sp³-hybridized carbons (Fsp3) is 0.667. The second-order valence-corrected chi connectivity index (χ2v) is 6.23. The van der Waals surface area contributed by atoms with Crippen molar-refractivity contribution in [1.82, 2.24) is 0 Å². The monoisotopic (exact) mass is 232 g/mol. The van der Waals surface area contributed by atoms with E-state index in [2.05, 4.69) is 20.1 Å². The summed E-state index contributed by atoms with van der Waals surface area (Å²) < 4.78 is 5.46. The predicted molar refractivity (Wildman–Crippen MR) is 66.3 cm³/mol. The van der Waals surface area contributed by atoms with Crippen molar-refractivity contribution in [1.29, 1.82) is 0 Å². The maximum atomic E-state index is 11.6. The number of hydrogen-bond acceptors (Lipinski definition) is 2. The zero-order chi connectivity index (χ0) is 12.2. The summed E-state index contributed by atoms with van der Waals surface area (Å²) in [5.41, 5.74) is 2.36. The molecule has 0 radical (unpaired) electrons. The lowest BCUT2D eigenvalue weighted by molar-refractivity contribution is -0.142. The highest BCUT2D eigenvalue weighted by Crippen LogP contribution is 2.56. The summed E-state index contributed by atoms with van der Waals surface area (Å²) in [5.74, 6) is 0.632. The van der Waals surface area contributed by atoms with E-state index in [1.807, 2.05) is 0 Å². The maximum Gasteiger partial charge on any atom is 0.334 e. The minimum absolute atomic E-state index is 0.0853. The topological polar surface area (TPSA) is 26.3 Å². The van der Waals surface area contributed by atoms with Crippen molar-refractivity contribution < 1.29 is 9.53 Å². The minimum atomic E-state index is -0.173. The number of esters is 1. The molecule has 0 aromatic heterocycles. The summed E-state index contributed by atoms with van der Waals surface area (Å²) in [7, 11) is 0. The van der Waals surface area contributed by atoms with Gasteiger partial charge in [-0.25, -0.2) is 4.79 Å². The van der Waals surface area contributed by atoms with Crippen LogP contribution in [0.2, 0.25) is 0 Å². The Kier molecular flexibility index (Phi) is 2.26. The first-order chi connectivity index (χ1) is 8.01. The van der Waals surface area contributed by atoms with Crippen LogP contribution in [0, 0.1) is 17.3 Å². The van der Waals surface area contributed by atoms with Crippen molar-refractivity contribution in [3.8, 4) is 0 Å². The van der Waals surface area contributed by atoms with Gasteiger partial charge in [0.15, 0.2) is 0 Å². The molecule has 92 valence electrons. The third kappa shape index (κ3) is 1.50. The molecule has 0 aromatic carbocycles. The summed E-state index contributed by atoms with van der Waals surface area (Å²) in [5, 5.41) is 0. The van der Waals surface area contributed by atoms with Gasteiger partial charge < -0.3 is 4.74 Å². The Morgan fingerprint density at radius 1 is 1.41 bits per heavy atom. The second-order valence-electron chi connectivity index (χ2n) is 6.23. The van der Waals surface area contributed by atoms with E-state index in [1.54, 1.807) is 0 Å². The largest absolute Gasteiger partial charge is 0.458 e. The van der Waals surface area contributed by atoms with Crippen LogP contribution in [-0.4, -0.2) is 12.1 Å². The molecule has 2 aliphatic carbocycles. The van der Waals surface area contributed by atoms with Crippen LogP contribution in [0.4, 0.5) is 0 Å². The molecular weight excluding hydrogens is 212 g/mol. The Morgan fingerprint density at radius 3 is 2.94 bits per heavy atom. The van der Waals surface area contributed by atoms with Gasteiger partial charge in [0.05, 0.1) is 0 Å². The molecule has 1 heterocycles. The third-order valence-corrected chi connectivity index (χ3v) is 5.15. The number of hydrogen-bond donors (Lipinski definition) is 0. The summed E-state index contributed by atoms with van der Waals surface area (Å²) in [6.45, 7) is 10.5. The van der Waals surface area contributed by atoms with Gasteiger partial charge in [-0.15, -0.1) is 0 Å². The van der Waals surface area contributed by atoms with E-state index >= 15 is 0 Å². The van der Waals surface area contributed by atoms with E-state index in [9.17, 15) is 4.79 Å². The van der Waals surface area contributed by atoms with Gasteiger partial charge in [-0.3, -0.25) is 0 Å². The van der Waals surface area contributed by atoms with Gasteiger partial charge in [0.2, 0.25) is 0 Å². The molecule has 17 heavy (non-hydrogen) atoms. The number of carbonyl (C=O) groups is 1. The Morgan fingerprint density at radius 2 is 2.18 bits per heavy atom. The average molecular weight is 232 g/mol. The standard InChI is InChI=1S/C15H20O2/c1-9-5-4-6-15(3)8-13-11(7-12(9)15)10(2)14(16)17-13/h11-13H,1-2,4-8H2,3H3/t11-,12?,13-,15-/m1/s1. The van der Waals surface area contributed by atoms with E-state index in [0.29, 0.717) is 16.9 Å².